The predicted octanol–water partition coefficient (Wildman–Crippen LogP) is 7.44. The van der Waals surface area contributed by atoms with Crippen LogP contribution in [0.3, 0.4) is 0 Å². The van der Waals surface area contributed by atoms with E-state index in [1.54, 1.807) is 24.3 Å². The molecule has 0 aliphatic heterocycles. The van der Waals surface area contributed by atoms with Gasteiger partial charge in [0.15, 0.2) is 23.1 Å². The van der Waals surface area contributed by atoms with Gasteiger partial charge in [-0.3, -0.25) is 19.2 Å². The minimum absolute atomic E-state index is 0.0238. The van der Waals surface area contributed by atoms with E-state index in [0.717, 1.165) is 43.4 Å². The molecule has 5 heteroatoms. The maximum Gasteiger partial charge on any atom is 0.198 e. The van der Waals surface area contributed by atoms with Crippen molar-refractivity contribution in [3.8, 4) is 5.75 Å². The summed E-state index contributed by atoms with van der Waals surface area (Å²) >= 11 is 0. The number of rotatable bonds is 3. The summed E-state index contributed by atoms with van der Waals surface area (Å²) in [6.07, 6.45) is 7.82. The largest absolute Gasteiger partial charge is 0.489 e. The summed E-state index contributed by atoms with van der Waals surface area (Å²) in [7, 11) is 0. The SMILES string of the molecule is C[C@]12CC[C@@H]3c4ccc(OCc5ccccc5)cc4CC[C@H]3[C@@H]1C[C@@H]1C2=CC[C@H]2C(=O)C3=C(C(=O)c4ccccc4C3=O)C(=O)[C@@H]12. The van der Waals surface area contributed by atoms with Gasteiger partial charge in [-0.2, -0.15) is 0 Å². The van der Waals surface area contributed by atoms with Crippen LogP contribution in [0.15, 0.2) is 95.6 Å². The lowest BCUT2D eigenvalue weighted by Crippen LogP contribution is -2.48. The number of hydrogen-bond acceptors (Lipinski definition) is 5. The van der Waals surface area contributed by atoms with Gasteiger partial charge in [0.1, 0.15) is 12.4 Å². The summed E-state index contributed by atoms with van der Waals surface area (Å²) in [5.41, 5.74) is 5.44. The lowest BCUT2D eigenvalue weighted by atomic mass is 9.54. The topological polar surface area (TPSA) is 77.5 Å². The van der Waals surface area contributed by atoms with Crippen LogP contribution in [0.25, 0.3) is 0 Å². The zero-order valence-electron chi connectivity index (χ0n) is 26.0. The van der Waals surface area contributed by atoms with Crippen LogP contribution >= 0.6 is 0 Å². The molecule has 0 radical (unpaired) electrons. The minimum atomic E-state index is -0.567. The molecule has 46 heavy (non-hydrogen) atoms. The lowest BCUT2D eigenvalue weighted by Gasteiger charge is -2.50. The zero-order chi connectivity index (χ0) is 31.3. The van der Waals surface area contributed by atoms with Crippen molar-refractivity contribution in [1.82, 2.24) is 0 Å². The number of aryl methyl sites for hydroxylation is 1. The van der Waals surface area contributed by atoms with Crippen molar-refractivity contribution in [2.75, 3.05) is 0 Å². The van der Waals surface area contributed by atoms with Gasteiger partial charge in [-0.25, -0.2) is 0 Å². The first-order chi connectivity index (χ1) is 22.3. The van der Waals surface area contributed by atoms with Gasteiger partial charge in [0.05, 0.1) is 11.1 Å². The molecule has 7 atom stereocenters. The number of ether oxygens (including phenoxy) is 1. The molecule has 6 aliphatic rings. The highest BCUT2D eigenvalue weighted by atomic mass is 16.5. The highest BCUT2D eigenvalue weighted by Gasteiger charge is 2.62. The molecule has 6 aliphatic carbocycles. The Hall–Kier alpha value is -4.38. The van der Waals surface area contributed by atoms with Crippen LogP contribution in [0.5, 0.6) is 5.75 Å². The molecule has 0 bridgehead atoms. The third-order valence-corrected chi connectivity index (χ3v) is 12.6. The Morgan fingerprint density at radius 1 is 0.783 bits per heavy atom. The smallest absolute Gasteiger partial charge is 0.198 e. The van der Waals surface area contributed by atoms with Crippen LogP contribution in [0.1, 0.15) is 82.4 Å². The summed E-state index contributed by atoms with van der Waals surface area (Å²) in [4.78, 5) is 55.5. The van der Waals surface area contributed by atoms with E-state index < -0.39 is 23.4 Å². The molecule has 0 N–H and O–H groups in total. The lowest BCUT2D eigenvalue weighted by molar-refractivity contribution is -0.132. The van der Waals surface area contributed by atoms with Crippen molar-refractivity contribution >= 4 is 23.1 Å². The molecule has 5 nitrogen and oxygen atoms in total. The number of Topliss-reactive ketones (excluding diaryl/α,β-unsaturated/α-hetero) is 4. The zero-order valence-corrected chi connectivity index (χ0v) is 26.0. The minimum Gasteiger partial charge on any atom is -0.489 e. The first kappa shape index (κ1) is 27.9. The van der Waals surface area contributed by atoms with Crippen LogP contribution < -0.4 is 4.74 Å². The molecule has 0 heterocycles. The Morgan fingerprint density at radius 3 is 2.26 bits per heavy atom. The summed E-state index contributed by atoms with van der Waals surface area (Å²) in [5.74, 6) is -0.419. The molecular weight excluding hydrogens is 572 g/mol. The predicted molar refractivity (Wildman–Crippen MR) is 173 cm³/mol. The number of allylic oxidation sites excluding steroid dienone is 4. The Bertz CT molecular complexity index is 1930. The van der Waals surface area contributed by atoms with Gasteiger partial charge in [-0.05, 0) is 96.4 Å². The van der Waals surface area contributed by atoms with Gasteiger partial charge in [-0.1, -0.05) is 79.2 Å². The van der Waals surface area contributed by atoms with E-state index in [4.69, 9.17) is 4.74 Å². The van der Waals surface area contributed by atoms with Gasteiger partial charge in [0.2, 0.25) is 0 Å². The van der Waals surface area contributed by atoms with Gasteiger partial charge in [0.25, 0.3) is 0 Å². The number of carbonyl (C=O) groups is 4. The number of carbonyl (C=O) groups excluding carboxylic acids is 4. The Labute approximate surface area is 268 Å². The van der Waals surface area contributed by atoms with E-state index >= 15 is 0 Å². The fourth-order valence-corrected chi connectivity index (χ4v) is 10.6. The second-order valence-corrected chi connectivity index (χ2v) is 14.6. The van der Waals surface area contributed by atoms with Crippen LogP contribution in [-0.2, 0) is 22.6 Å². The average molecular weight is 609 g/mol. The molecule has 2 fully saturated rings. The fourth-order valence-electron chi connectivity index (χ4n) is 10.6. The van der Waals surface area contributed by atoms with Gasteiger partial charge < -0.3 is 4.74 Å². The molecule has 2 saturated carbocycles. The van der Waals surface area contributed by atoms with E-state index in [1.807, 2.05) is 18.2 Å². The van der Waals surface area contributed by atoms with E-state index in [9.17, 15) is 19.2 Å². The molecule has 0 amide bonds. The highest BCUT2D eigenvalue weighted by molar-refractivity contribution is 6.45. The molecular formula is C41H36O5. The van der Waals surface area contributed by atoms with Crippen molar-refractivity contribution in [3.05, 3.63) is 123 Å². The van der Waals surface area contributed by atoms with Crippen LogP contribution in [0.4, 0.5) is 0 Å². The van der Waals surface area contributed by atoms with Crippen molar-refractivity contribution in [1.29, 1.82) is 0 Å². The van der Waals surface area contributed by atoms with Crippen molar-refractivity contribution in [2.45, 2.75) is 58.0 Å². The van der Waals surface area contributed by atoms with Crippen molar-refractivity contribution in [3.63, 3.8) is 0 Å². The maximum absolute atomic E-state index is 14.4. The molecule has 0 saturated heterocycles. The standard InChI is InChI=1S/C41H36O5/c1-41-18-17-26-25-14-12-24(46-21-22-7-3-2-4-8-22)19-23(25)11-13-27(26)33(41)20-31-32(41)16-15-30-34(31)40(45)36-35(39(30)44)37(42)28-9-5-6-10-29(28)38(36)43/h2-10,12,14,16,19,26-27,30-31,33-34H,11,13,15,17-18,20-21H2,1H3/t26-,27-,30-,31-,33+,34-,41-/m1/s1. The third-order valence-electron chi connectivity index (χ3n) is 12.6. The normalized spacial score (nSPS) is 32.3. The van der Waals surface area contributed by atoms with Crippen LogP contribution in [0.2, 0.25) is 0 Å². The number of fused-ring (bicyclic) bond motifs is 10. The van der Waals surface area contributed by atoms with E-state index in [-0.39, 0.29) is 45.2 Å². The number of benzene rings is 3. The second-order valence-electron chi connectivity index (χ2n) is 14.6. The van der Waals surface area contributed by atoms with Crippen LogP contribution in [0, 0.1) is 35.0 Å². The van der Waals surface area contributed by atoms with Crippen molar-refractivity contribution in [2.24, 2.45) is 35.0 Å². The van der Waals surface area contributed by atoms with Gasteiger partial charge in [0, 0.05) is 23.0 Å². The summed E-state index contributed by atoms with van der Waals surface area (Å²) in [6.45, 7) is 2.94. The Morgan fingerprint density at radius 2 is 1.50 bits per heavy atom. The highest BCUT2D eigenvalue weighted by Crippen LogP contribution is 2.67. The first-order valence-corrected chi connectivity index (χ1v) is 16.9. The molecule has 0 spiro atoms. The van der Waals surface area contributed by atoms with Crippen LogP contribution in [-0.4, -0.2) is 23.1 Å². The van der Waals surface area contributed by atoms with E-state index in [2.05, 4.69) is 43.3 Å². The molecule has 0 aromatic heterocycles. The number of hydrogen-bond donors (Lipinski definition) is 0. The first-order valence-electron chi connectivity index (χ1n) is 16.9. The quantitative estimate of drug-likeness (QED) is 0.228. The van der Waals surface area contributed by atoms with E-state index in [1.165, 1.54) is 16.7 Å². The average Bonchev–Trinajstić information content (AvgIpc) is 3.40. The number of ketones is 4. The molecule has 3 aromatic carbocycles. The molecule has 0 unspecified atom stereocenters. The van der Waals surface area contributed by atoms with Crippen molar-refractivity contribution < 1.29 is 23.9 Å². The van der Waals surface area contributed by atoms with E-state index in [0.29, 0.717) is 30.8 Å². The summed E-state index contributed by atoms with van der Waals surface area (Å²) in [5, 5.41) is 0. The third kappa shape index (κ3) is 3.81. The monoisotopic (exact) mass is 608 g/mol. The molecule has 9 rings (SSSR count). The molecule has 3 aromatic rings. The second kappa shape index (κ2) is 10.1. The fraction of sp³-hybridized carbons (Fsp3) is 0.366. The summed E-state index contributed by atoms with van der Waals surface area (Å²) in [6, 6.07) is 23.5. The summed E-state index contributed by atoms with van der Waals surface area (Å²) < 4.78 is 6.17. The maximum atomic E-state index is 14.4. The Balaban J connectivity index is 1.00. The van der Waals surface area contributed by atoms with Gasteiger partial charge in [-0.15, -0.1) is 0 Å². The molecule has 230 valence electrons. The Kier molecular flexibility index (Phi) is 6.10. The van der Waals surface area contributed by atoms with Gasteiger partial charge >= 0.3 is 0 Å².